The van der Waals surface area contributed by atoms with Crippen LogP contribution in [0.4, 0.5) is 11.4 Å². The van der Waals surface area contributed by atoms with E-state index in [2.05, 4.69) is 5.32 Å². The summed E-state index contributed by atoms with van der Waals surface area (Å²) < 4.78 is 37.4. The molecule has 0 saturated carbocycles. The first-order valence-corrected chi connectivity index (χ1v) is 11.5. The lowest BCUT2D eigenvalue weighted by Crippen LogP contribution is -2.26. The zero-order chi connectivity index (χ0) is 24.0. The first kappa shape index (κ1) is 23.8. The van der Waals surface area contributed by atoms with Gasteiger partial charge in [-0.2, -0.15) is 0 Å². The summed E-state index contributed by atoms with van der Waals surface area (Å²) in [5.41, 5.74) is 1.28. The quantitative estimate of drug-likeness (QED) is 0.502. The average Bonchev–Trinajstić information content (AvgIpc) is 2.84. The molecular formula is C24H24N2O6S. The van der Waals surface area contributed by atoms with Crippen molar-refractivity contribution < 1.29 is 27.5 Å². The number of ether oxygens (including phenoxy) is 2. The third kappa shape index (κ3) is 5.50. The second-order valence-corrected chi connectivity index (χ2v) is 8.92. The molecule has 0 aliphatic rings. The maximum atomic E-state index is 13.1. The van der Waals surface area contributed by atoms with E-state index in [1.165, 1.54) is 44.5 Å². The van der Waals surface area contributed by atoms with E-state index < -0.39 is 21.9 Å². The van der Waals surface area contributed by atoms with Gasteiger partial charge >= 0.3 is 5.97 Å². The summed E-state index contributed by atoms with van der Waals surface area (Å²) in [6.45, 7) is 1.94. The van der Waals surface area contributed by atoms with Gasteiger partial charge in [-0.05, 0) is 67.6 Å². The van der Waals surface area contributed by atoms with Crippen LogP contribution < -0.4 is 14.4 Å². The van der Waals surface area contributed by atoms with Crippen molar-refractivity contribution in [3.8, 4) is 5.75 Å². The van der Waals surface area contributed by atoms with Crippen molar-refractivity contribution in [2.75, 3.05) is 30.4 Å². The number of nitrogens with zero attached hydrogens (tertiary/aromatic N) is 1. The maximum absolute atomic E-state index is 13.1. The van der Waals surface area contributed by atoms with E-state index in [9.17, 15) is 18.0 Å². The molecule has 0 spiro atoms. The van der Waals surface area contributed by atoms with Gasteiger partial charge in [0, 0.05) is 18.3 Å². The van der Waals surface area contributed by atoms with E-state index in [1.54, 1.807) is 49.4 Å². The molecule has 0 aliphatic carbocycles. The summed E-state index contributed by atoms with van der Waals surface area (Å²) in [5.74, 6) is -0.404. The van der Waals surface area contributed by atoms with Crippen molar-refractivity contribution in [3.05, 3.63) is 83.9 Å². The number of nitrogens with one attached hydrogen (secondary N) is 1. The average molecular weight is 469 g/mol. The van der Waals surface area contributed by atoms with Crippen LogP contribution in [0, 0.1) is 0 Å². The Kier molecular flexibility index (Phi) is 7.34. The molecular weight excluding hydrogens is 444 g/mol. The van der Waals surface area contributed by atoms with Gasteiger partial charge in [0.05, 0.1) is 29.9 Å². The number of carbonyl (C=O) groups excluding carboxylic acids is 2. The normalized spacial score (nSPS) is 10.9. The molecule has 1 amide bonds. The topological polar surface area (TPSA) is 102 Å². The molecule has 3 aromatic rings. The molecule has 33 heavy (non-hydrogen) atoms. The molecule has 0 aliphatic heterocycles. The van der Waals surface area contributed by atoms with E-state index in [4.69, 9.17) is 9.47 Å². The molecule has 3 aromatic carbocycles. The maximum Gasteiger partial charge on any atom is 0.338 e. The fourth-order valence-corrected chi connectivity index (χ4v) is 4.27. The lowest BCUT2D eigenvalue weighted by molar-refractivity contribution is 0.0526. The lowest BCUT2D eigenvalue weighted by atomic mass is 10.1. The van der Waals surface area contributed by atoms with Crippen LogP contribution >= 0.6 is 0 Å². The minimum Gasteiger partial charge on any atom is -0.497 e. The Morgan fingerprint density at radius 2 is 1.61 bits per heavy atom. The first-order valence-electron chi connectivity index (χ1n) is 10.1. The Bertz CT molecular complexity index is 1260. The molecule has 0 saturated heterocycles. The van der Waals surface area contributed by atoms with Crippen LogP contribution in [-0.4, -0.2) is 41.1 Å². The minimum atomic E-state index is -3.91. The van der Waals surface area contributed by atoms with Crippen LogP contribution in [0.5, 0.6) is 5.75 Å². The molecule has 0 heterocycles. The molecule has 0 unspecified atom stereocenters. The van der Waals surface area contributed by atoms with Crippen LogP contribution in [-0.2, 0) is 14.8 Å². The Morgan fingerprint density at radius 3 is 2.27 bits per heavy atom. The fraction of sp³-hybridized carbons (Fsp3) is 0.167. The van der Waals surface area contributed by atoms with Gasteiger partial charge < -0.3 is 14.8 Å². The molecule has 0 radical (unpaired) electrons. The van der Waals surface area contributed by atoms with Gasteiger partial charge in [0.1, 0.15) is 5.75 Å². The molecule has 0 fully saturated rings. The number of anilines is 2. The molecule has 8 nitrogen and oxygen atoms in total. The third-order valence-electron chi connectivity index (χ3n) is 4.82. The van der Waals surface area contributed by atoms with Crippen LogP contribution in [0.15, 0.2) is 77.7 Å². The summed E-state index contributed by atoms with van der Waals surface area (Å²) in [6.07, 6.45) is 0. The monoisotopic (exact) mass is 468 g/mol. The van der Waals surface area contributed by atoms with E-state index in [1.807, 2.05) is 0 Å². The highest BCUT2D eigenvalue weighted by Crippen LogP contribution is 2.25. The Balaban J connectivity index is 1.81. The summed E-state index contributed by atoms with van der Waals surface area (Å²) in [7, 11) is -0.951. The van der Waals surface area contributed by atoms with Crippen molar-refractivity contribution >= 4 is 33.3 Å². The summed E-state index contributed by atoms with van der Waals surface area (Å²) in [6, 6.07) is 18.6. The molecule has 172 valence electrons. The van der Waals surface area contributed by atoms with Crippen LogP contribution in [0.1, 0.15) is 27.6 Å². The number of methoxy groups -OCH3 is 1. The second-order valence-electron chi connectivity index (χ2n) is 6.95. The van der Waals surface area contributed by atoms with Crippen molar-refractivity contribution in [2.45, 2.75) is 11.8 Å². The van der Waals surface area contributed by atoms with Gasteiger partial charge in [-0.1, -0.05) is 12.1 Å². The van der Waals surface area contributed by atoms with Gasteiger partial charge in [-0.15, -0.1) is 0 Å². The largest absolute Gasteiger partial charge is 0.497 e. The highest BCUT2D eigenvalue weighted by atomic mass is 32.2. The number of hydrogen-bond acceptors (Lipinski definition) is 6. The number of amides is 1. The van der Waals surface area contributed by atoms with Crippen molar-refractivity contribution in [1.82, 2.24) is 0 Å². The van der Waals surface area contributed by atoms with E-state index in [0.717, 1.165) is 4.31 Å². The second kappa shape index (κ2) is 10.2. The SMILES string of the molecule is CCOC(=O)c1cccc(NC(=O)c2cccc(S(=O)(=O)N(C)c3ccc(OC)cc3)c2)c1. The molecule has 1 N–H and O–H groups in total. The highest BCUT2D eigenvalue weighted by Gasteiger charge is 2.22. The van der Waals surface area contributed by atoms with Crippen molar-refractivity contribution in [2.24, 2.45) is 0 Å². The fourth-order valence-electron chi connectivity index (χ4n) is 3.03. The zero-order valence-electron chi connectivity index (χ0n) is 18.4. The Hall–Kier alpha value is -3.85. The van der Waals surface area contributed by atoms with E-state index in [-0.39, 0.29) is 17.1 Å². The van der Waals surface area contributed by atoms with Gasteiger partial charge in [0.25, 0.3) is 15.9 Å². The summed E-state index contributed by atoms with van der Waals surface area (Å²) in [4.78, 5) is 24.6. The summed E-state index contributed by atoms with van der Waals surface area (Å²) in [5, 5.41) is 2.68. The van der Waals surface area contributed by atoms with E-state index >= 15 is 0 Å². The standard InChI is InChI=1S/C24H24N2O6S/c1-4-32-24(28)18-8-5-9-19(15-18)25-23(27)17-7-6-10-22(16-17)33(29,30)26(2)20-11-13-21(31-3)14-12-20/h5-16H,4H2,1-3H3,(H,25,27). The number of rotatable bonds is 8. The lowest BCUT2D eigenvalue weighted by Gasteiger charge is -2.20. The Labute approximate surface area is 192 Å². The van der Waals surface area contributed by atoms with Gasteiger partial charge in [-0.25, -0.2) is 13.2 Å². The molecule has 0 aromatic heterocycles. The van der Waals surface area contributed by atoms with Gasteiger partial charge in [-0.3, -0.25) is 9.10 Å². The molecule has 9 heteroatoms. The molecule has 3 rings (SSSR count). The number of carbonyl (C=O) groups is 2. The van der Waals surface area contributed by atoms with Crippen molar-refractivity contribution in [3.63, 3.8) is 0 Å². The molecule has 0 atom stereocenters. The van der Waals surface area contributed by atoms with Crippen LogP contribution in [0.3, 0.4) is 0 Å². The highest BCUT2D eigenvalue weighted by molar-refractivity contribution is 7.92. The van der Waals surface area contributed by atoms with Gasteiger partial charge in [0.2, 0.25) is 0 Å². The first-order chi connectivity index (χ1) is 15.8. The van der Waals surface area contributed by atoms with Crippen LogP contribution in [0.25, 0.3) is 0 Å². The predicted octanol–water partition coefficient (Wildman–Crippen LogP) is 3.95. The number of esters is 1. The number of benzene rings is 3. The zero-order valence-corrected chi connectivity index (χ0v) is 19.3. The predicted molar refractivity (Wildman–Crippen MR) is 125 cm³/mol. The number of sulfonamides is 1. The Morgan fingerprint density at radius 1 is 0.939 bits per heavy atom. The third-order valence-corrected chi connectivity index (χ3v) is 6.60. The molecule has 0 bridgehead atoms. The summed E-state index contributed by atoms with van der Waals surface area (Å²) >= 11 is 0. The van der Waals surface area contributed by atoms with Crippen molar-refractivity contribution in [1.29, 1.82) is 0 Å². The van der Waals surface area contributed by atoms with Crippen LogP contribution in [0.2, 0.25) is 0 Å². The minimum absolute atomic E-state index is 0.0336. The van der Waals surface area contributed by atoms with E-state index in [0.29, 0.717) is 22.7 Å². The van der Waals surface area contributed by atoms with Gasteiger partial charge in [0.15, 0.2) is 0 Å². The number of hydrogen-bond donors (Lipinski definition) is 1. The smallest absolute Gasteiger partial charge is 0.338 e.